The number of amides is 1. The van der Waals surface area contributed by atoms with Gasteiger partial charge in [0.15, 0.2) is 5.78 Å². The first kappa shape index (κ1) is 30.1. The molecule has 4 atom stereocenters. The molecule has 0 bridgehead atoms. The smallest absolute Gasteiger partial charge is 0.237 e. The fourth-order valence-electron chi connectivity index (χ4n) is 7.79. The van der Waals surface area contributed by atoms with E-state index in [-0.39, 0.29) is 57.8 Å². The zero-order valence-corrected chi connectivity index (χ0v) is 25.5. The van der Waals surface area contributed by atoms with Crippen molar-refractivity contribution in [2.24, 2.45) is 22.5 Å². The molecule has 0 aromatic heterocycles. The number of carbonyl (C=O) groups excluding carboxylic acids is 3. The maximum absolute atomic E-state index is 15.9. The molecule has 1 saturated carbocycles. The lowest BCUT2D eigenvalue weighted by molar-refractivity contribution is -0.125. The van der Waals surface area contributed by atoms with Crippen LogP contribution in [0.5, 0.6) is 0 Å². The first-order valence-corrected chi connectivity index (χ1v) is 15.0. The van der Waals surface area contributed by atoms with Gasteiger partial charge in [-0.1, -0.05) is 69.1 Å². The zero-order valence-electron chi connectivity index (χ0n) is 24.0. The van der Waals surface area contributed by atoms with E-state index in [9.17, 15) is 14.4 Å². The molecule has 0 radical (unpaired) electrons. The van der Waals surface area contributed by atoms with Crippen molar-refractivity contribution in [3.63, 3.8) is 0 Å². The maximum Gasteiger partial charge on any atom is 0.237 e. The quantitative estimate of drug-likeness (QED) is 0.335. The van der Waals surface area contributed by atoms with Gasteiger partial charge >= 0.3 is 0 Å². The average Bonchev–Trinajstić information content (AvgIpc) is 3.33. The molecule has 4 N–H and O–H groups in total. The number of anilines is 1. The molecule has 2 aliphatic heterocycles. The average molecular weight is 603 g/mol. The SMILES string of the molecule is CC(C)(C)C[C@H]1N[C@@H](C(=O)CC2CC(C)(CC(=O)CN)C2)[C@H](c2cccc(Cl)c2F)[C@@]12C(=O)Nc1cc(Cl)ccc12. The number of fused-ring (bicyclic) bond motifs is 2. The van der Waals surface area contributed by atoms with Crippen LogP contribution < -0.4 is 16.4 Å². The van der Waals surface area contributed by atoms with Crippen molar-refractivity contribution < 1.29 is 18.8 Å². The van der Waals surface area contributed by atoms with Crippen molar-refractivity contribution in [3.8, 4) is 0 Å². The number of benzene rings is 2. The molecule has 1 aliphatic carbocycles. The Morgan fingerprint density at radius 2 is 1.85 bits per heavy atom. The summed E-state index contributed by atoms with van der Waals surface area (Å²) in [6, 6.07) is 8.74. The van der Waals surface area contributed by atoms with Crippen LogP contribution >= 0.6 is 23.2 Å². The topological polar surface area (TPSA) is 101 Å². The molecule has 2 heterocycles. The predicted molar refractivity (Wildman–Crippen MR) is 160 cm³/mol. The molecule has 2 aromatic carbocycles. The van der Waals surface area contributed by atoms with Gasteiger partial charge < -0.3 is 16.4 Å². The summed E-state index contributed by atoms with van der Waals surface area (Å²) < 4.78 is 15.9. The van der Waals surface area contributed by atoms with Crippen LogP contribution in [0.1, 0.15) is 76.8 Å². The van der Waals surface area contributed by atoms with Gasteiger partial charge in [-0.15, -0.1) is 0 Å². The minimum Gasteiger partial charge on any atom is -0.325 e. The number of ketones is 2. The minimum atomic E-state index is -1.26. The molecule has 1 amide bonds. The Morgan fingerprint density at radius 3 is 2.51 bits per heavy atom. The zero-order chi connectivity index (χ0) is 29.9. The summed E-state index contributed by atoms with van der Waals surface area (Å²) in [5.74, 6) is -1.70. The molecule has 2 fully saturated rings. The second kappa shape index (κ2) is 10.7. The van der Waals surface area contributed by atoms with Gasteiger partial charge in [0.1, 0.15) is 17.0 Å². The number of halogens is 3. The third-order valence-electron chi connectivity index (χ3n) is 9.19. The van der Waals surface area contributed by atoms with Crippen molar-refractivity contribution >= 4 is 46.4 Å². The Hall–Kier alpha value is -2.32. The molecule has 41 heavy (non-hydrogen) atoms. The fourth-order valence-corrected chi connectivity index (χ4v) is 8.14. The van der Waals surface area contributed by atoms with Crippen molar-refractivity contribution in [3.05, 3.63) is 63.4 Å². The predicted octanol–water partition coefficient (Wildman–Crippen LogP) is 6.18. The second-order valence-corrected chi connectivity index (χ2v) is 14.6. The molecule has 3 aliphatic rings. The Labute approximate surface area is 250 Å². The summed E-state index contributed by atoms with van der Waals surface area (Å²) in [5.41, 5.74) is 5.40. The van der Waals surface area contributed by atoms with Crippen molar-refractivity contribution in [2.45, 2.75) is 83.2 Å². The number of Topliss-reactive ketones (excluding diaryl/α,β-unsaturated/α-hetero) is 2. The lowest BCUT2D eigenvalue weighted by Crippen LogP contribution is -2.49. The van der Waals surface area contributed by atoms with E-state index in [1.165, 1.54) is 6.07 Å². The first-order valence-electron chi connectivity index (χ1n) is 14.2. The summed E-state index contributed by atoms with van der Waals surface area (Å²) in [4.78, 5) is 40.4. The second-order valence-electron chi connectivity index (χ2n) is 13.8. The van der Waals surface area contributed by atoms with E-state index in [4.69, 9.17) is 28.9 Å². The molecule has 5 rings (SSSR count). The van der Waals surface area contributed by atoms with E-state index >= 15 is 4.39 Å². The lowest BCUT2D eigenvalue weighted by atomic mass is 9.58. The number of hydrogen-bond donors (Lipinski definition) is 3. The highest BCUT2D eigenvalue weighted by molar-refractivity contribution is 6.31. The van der Waals surface area contributed by atoms with Gasteiger partial charge in [0.25, 0.3) is 0 Å². The number of nitrogens with two attached hydrogens (primary N) is 1. The molecule has 1 saturated heterocycles. The van der Waals surface area contributed by atoms with E-state index in [0.29, 0.717) is 29.1 Å². The maximum atomic E-state index is 15.9. The third kappa shape index (κ3) is 5.35. The summed E-state index contributed by atoms with van der Waals surface area (Å²) in [6.45, 7) is 8.32. The lowest BCUT2D eigenvalue weighted by Gasteiger charge is -2.45. The highest BCUT2D eigenvalue weighted by Gasteiger charge is 2.66. The van der Waals surface area contributed by atoms with Crippen molar-refractivity contribution in [1.82, 2.24) is 5.32 Å². The van der Waals surface area contributed by atoms with Crippen LogP contribution in [-0.4, -0.2) is 36.1 Å². The summed E-state index contributed by atoms with van der Waals surface area (Å²) in [7, 11) is 0. The highest BCUT2D eigenvalue weighted by atomic mass is 35.5. The number of hydrogen-bond acceptors (Lipinski definition) is 5. The Balaban J connectivity index is 1.58. The van der Waals surface area contributed by atoms with E-state index < -0.39 is 29.2 Å². The highest BCUT2D eigenvalue weighted by Crippen LogP contribution is 2.58. The van der Waals surface area contributed by atoms with Crippen LogP contribution in [0.3, 0.4) is 0 Å². The molecule has 220 valence electrons. The molecule has 1 spiro atoms. The van der Waals surface area contributed by atoms with Crippen LogP contribution in [-0.2, 0) is 19.8 Å². The van der Waals surface area contributed by atoms with Gasteiger partial charge in [-0.05, 0) is 65.3 Å². The summed E-state index contributed by atoms with van der Waals surface area (Å²) >= 11 is 12.6. The fraction of sp³-hybridized carbons (Fsp3) is 0.531. The van der Waals surface area contributed by atoms with Gasteiger partial charge in [0.05, 0.1) is 17.6 Å². The normalized spacial score (nSPS) is 30.7. The molecule has 0 unspecified atom stereocenters. The standard InChI is InChI=1S/C32H38Cl2FN3O3/c1-30(2,3)15-25-32(21-9-8-18(33)11-23(21)37-29(32)41)26(20-6-5-7-22(34)27(20)35)28(38-25)24(40)10-17-12-31(4,13-17)14-19(39)16-36/h5-9,11,17,25-26,28,38H,10,12-16,36H2,1-4H3,(H,37,41)/t17?,25-,26+,28+,31?,32+/m1/s1. The number of nitrogens with one attached hydrogen (secondary N) is 2. The Kier molecular flexibility index (Phi) is 7.90. The van der Waals surface area contributed by atoms with Gasteiger partial charge in [-0.3, -0.25) is 14.4 Å². The van der Waals surface area contributed by atoms with Crippen molar-refractivity contribution in [1.29, 1.82) is 0 Å². The summed E-state index contributed by atoms with van der Waals surface area (Å²) in [5, 5.41) is 6.97. The first-order chi connectivity index (χ1) is 19.2. The van der Waals surface area contributed by atoms with E-state index in [0.717, 1.165) is 12.8 Å². The molecule has 9 heteroatoms. The Morgan fingerprint density at radius 1 is 1.15 bits per heavy atom. The largest absolute Gasteiger partial charge is 0.325 e. The van der Waals surface area contributed by atoms with Crippen LogP contribution in [0.15, 0.2) is 36.4 Å². The van der Waals surface area contributed by atoms with Crippen LogP contribution in [0.4, 0.5) is 10.1 Å². The van der Waals surface area contributed by atoms with Gasteiger partial charge in [-0.2, -0.15) is 0 Å². The van der Waals surface area contributed by atoms with Crippen LogP contribution in [0.25, 0.3) is 0 Å². The van der Waals surface area contributed by atoms with Crippen LogP contribution in [0.2, 0.25) is 10.0 Å². The Bertz CT molecular complexity index is 1400. The van der Waals surface area contributed by atoms with E-state index in [1.807, 2.05) is 6.07 Å². The number of rotatable bonds is 8. The van der Waals surface area contributed by atoms with E-state index in [2.05, 4.69) is 38.3 Å². The van der Waals surface area contributed by atoms with Crippen molar-refractivity contribution in [2.75, 3.05) is 11.9 Å². The summed E-state index contributed by atoms with van der Waals surface area (Å²) in [6.07, 6.45) is 2.73. The molecular formula is C32H38Cl2FN3O3. The van der Waals surface area contributed by atoms with Gasteiger partial charge in [0, 0.05) is 35.5 Å². The minimum absolute atomic E-state index is 0.0178. The van der Waals surface area contributed by atoms with E-state index in [1.54, 1.807) is 24.3 Å². The third-order valence-corrected chi connectivity index (χ3v) is 9.72. The van der Waals surface area contributed by atoms with Gasteiger partial charge in [0.2, 0.25) is 5.91 Å². The molecule has 2 aromatic rings. The molecular weight excluding hydrogens is 564 g/mol. The van der Waals surface area contributed by atoms with Crippen LogP contribution in [0, 0.1) is 22.6 Å². The monoisotopic (exact) mass is 601 g/mol. The van der Waals surface area contributed by atoms with Gasteiger partial charge in [-0.25, -0.2) is 4.39 Å². The number of carbonyl (C=O) groups is 3. The molecule has 6 nitrogen and oxygen atoms in total.